The molecule has 0 aliphatic rings. The van der Waals surface area contributed by atoms with E-state index < -0.39 is 5.97 Å². The molecule has 0 radical (unpaired) electrons. The van der Waals surface area contributed by atoms with Crippen molar-refractivity contribution in [2.45, 2.75) is 6.42 Å². The zero-order valence-corrected chi connectivity index (χ0v) is 19.1. The predicted molar refractivity (Wildman–Crippen MR) is 123 cm³/mol. The summed E-state index contributed by atoms with van der Waals surface area (Å²) in [5.41, 5.74) is 1.19. The highest BCUT2D eigenvalue weighted by Crippen LogP contribution is 2.37. The minimum absolute atomic E-state index is 0.109. The highest BCUT2D eigenvalue weighted by molar-refractivity contribution is 14.1. The second-order valence-electron chi connectivity index (χ2n) is 6.05. The molecule has 0 aromatic heterocycles. The molecule has 0 bridgehead atoms. The highest BCUT2D eigenvalue weighted by atomic mass is 127. The van der Waals surface area contributed by atoms with E-state index in [1.807, 2.05) is 0 Å². The Labute approximate surface area is 189 Å². The molecule has 0 heterocycles. The van der Waals surface area contributed by atoms with Gasteiger partial charge in [0.25, 0.3) is 0 Å². The molecule has 158 valence electrons. The molecule has 2 aromatic rings. The molecule has 30 heavy (non-hydrogen) atoms. The lowest BCUT2D eigenvalue weighted by Crippen LogP contribution is -2.16. The average molecular weight is 522 g/mol. The molecule has 0 spiro atoms. The number of carbonyl (C=O) groups is 2. The summed E-state index contributed by atoms with van der Waals surface area (Å²) in [6.45, 7) is 7.75. The first-order valence-electron chi connectivity index (χ1n) is 9.05. The smallest absolute Gasteiger partial charge is 0.310 e. The molecule has 0 atom stereocenters. The first-order chi connectivity index (χ1) is 14.5. The Morgan fingerprint density at radius 1 is 1.00 bits per heavy atom. The molecule has 6 nitrogen and oxygen atoms in total. The van der Waals surface area contributed by atoms with Gasteiger partial charge in [-0.2, -0.15) is 0 Å². The van der Waals surface area contributed by atoms with E-state index in [9.17, 15) is 9.59 Å². The maximum absolute atomic E-state index is 13.4. The summed E-state index contributed by atoms with van der Waals surface area (Å²) in [5, 5.41) is 0. The normalized spacial score (nSPS) is 10.1. The van der Waals surface area contributed by atoms with Gasteiger partial charge in [0.2, 0.25) is 0 Å². The summed E-state index contributed by atoms with van der Waals surface area (Å²) in [7, 11) is 2.85. The van der Waals surface area contributed by atoms with Crippen LogP contribution >= 0.6 is 22.6 Å². The van der Waals surface area contributed by atoms with Crippen molar-refractivity contribution >= 4 is 34.3 Å². The summed E-state index contributed by atoms with van der Waals surface area (Å²) in [4.78, 5) is 25.6. The van der Waals surface area contributed by atoms with Crippen LogP contribution < -0.4 is 14.2 Å². The lowest BCUT2D eigenvalue weighted by atomic mass is 9.95. The minimum Gasteiger partial charge on any atom is -0.497 e. The second-order valence-corrected chi connectivity index (χ2v) is 7.13. The molecule has 0 N–H and O–H groups in total. The van der Waals surface area contributed by atoms with Crippen LogP contribution in [-0.4, -0.2) is 39.2 Å². The number of hydrogen-bond donors (Lipinski definition) is 0. The molecule has 0 saturated heterocycles. The fourth-order valence-corrected chi connectivity index (χ4v) is 3.47. The topological polar surface area (TPSA) is 71.1 Å². The monoisotopic (exact) mass is 522 g/mol. The van der Waals surface area contributed by atoms with Crippen LogP contribution in [0.25, 0.3) is 0 Å². The molecule has 7 heteroatoms. The van der Waals surface area contributed by atoms with Gasteiger partial charge in [-0.3, -0.25) is 9.59 Å². The molecule has 0 amide bonds. The number of carbonyl (C=O) groups excluding carboxylic acids is 2. The van der Waals surface area contributed by atoms with Gasteiger partial charge in [0.1, 0.15) is 30.5 Å². The van der Waals surface area contributed by atoms with Crippen molar-refractivity contribution in [2.24, 2.45) is 0 Å². The largest absolute Gasteiger partial charge is 0.497 e. The maximum Gasteiger partial charge on any atom is 0.310 e. The van der Waals surface area contributed by atoms with Crippen molar-refractivity contribution in [3.8, 4) is 17.2 Å². The number of rotatable bonds is 11. The van der Waals surface area contributed by atoms with Gasteiger partial charge in [-0.25, -0.2) is 0 Å². The van der Waals surface area contributed by atoms with E-state index in [2.05, 4.69) is 35.7 Å². The van der Waals surface area contributed by atoms with Crippen LogP contribution in [-0.2, 0) is 16.0 Å². The van der Waals surface area contributed by atoms with Crippen molar-refractivity contribution in [3.63, 3.8) is 0 Å². The first kappa shape index (κ1) is 23.5. The van der Waals surface area contributed by atoms with Crippen LogP contribution in [0, 0.1) is 3.57 Å². The molecular weight excluding hydrogens is 499 g/mol. The van der Waals surface area contributed by atoms with Crippen LogP contribution in [0.3, 0.4) is 0 Å². The van der Waals surface area contributed by atoms with Crippen LogP contribution in [0.1, 0.15) is 21.5 Å². The molecular formula is C23H23IO6. The molecule has 2 rings (SSSR count). The number of ether oxygens (including phenoxy) is 4. The third-order valence-corrected chi connectivity index (χ3v) is 5.32. The third-order valence-electron chi connectivity index (χ3n) is 4.13. The zero-order valence-electron chi connectivity index (χ0n) is 16.9. The SMILES string of the molecule is C=CCOc1cc(OCC=C)c(C(=O)c2ccc(OC)cc2)c(CC(=O)OC)c1I. The van der Waals surface area contributed by atoms with Gasteiger partial charge >= 0.3 is 5.97 Å². The van der Waals surface area contributed by atoms with Crippen LogP contribution in [0.5, 0.6) is 17.2 Å². The number of halogens is 1. The number of esters is 1. The minimum atomic E-state index is -0.479. The van der Waals surface area contributed by atoms with Gasteiger partial charge in [-0.15, -0.1) is 0 Å². The highest BCUT2D eigenvalue weighted by Gasteiger charge is 2.26. The van der Waals surface area contributed by atoms with Gasteiger partial charge in [0.05, 0.1) is 29.8 Å². The van der Waals surface area contributed by atoms with Crippen LogP contribution in [0.15, 0.2) is 55.6 Å². The number of ketones is 1. The summed E-state index contributed by atoms with van der Waals surface area (Å²) in [6, 6.07) is 8.37. The fraction of sp³-hybridized carbons (Fsp3) is 0.217. The summed E-state index contributed by atoms with van der Waals surface area (Å²) in [5.74, 6) is 0.650. The Morgan fingerprint density at radius 2 is 1.60 bits per heavy atom. The van der Waals surface area contributed by atoms with Crippen LogP contribution in [0.4, 0.5) is 0 Å². The van der Waals surface area contributed by atoms with Gasteiger partial charge in [-0.1, -0.05) is 25.3 Å². The van der Waals surface area contributed by atoms with Gasteiger partial charge in [0, 0.05) is 11.6 Å². The predicted octanol–water partition coefficient (Wildman–Crippen LogP) is 4.38. The lowest BCUT2D eigenvalue weighted by molar-refractivity contribution is -0.139. The third kappa shape index (κ3) is 5.63. The maximum atomic E-state index is 13.4. The van der Waals surface area contributed by atoms with Crippen molar-refractivity contribution in [3.05, 3.63) is 75.9 Å². The fourth-order valence-electron chi connectivity index (χ4n) is 2.70. The van der Waals surface area contributed by atoms with Crippen molar-refractivity contribution in [1.29, 1.82) is 0 Å². The molecule has 2 aromatic carbocycles. The van der Waals surface area contributed by atoms with Crippen LogP contribution in [0.2, 0.25) is 0 Å². The standard InChI is InChI=1S/C23H23IO6/c1-5-11-29-18-14-19(30-12-6-2)22(24)17(13-20(25)28-4)21(18)23(26)15-7-9-16(27-3)10-8-15/h5-10,14H,1-2,11-13H2,3-4H3. The number of benzene rings is 2. The Hall–Kier alpha value is -2.81. The summed E-state index contributed by atoms with van der Waals surface area (Å²) in [6.07, 6.45) is 3.07. The summed E-state index contributed by atoms with van der Waals surface area (Å²) < 4.78 is 22.1. The Kier molecular flexibility index (Phi) is 8.91. The van der Waals surface area contributed by atoms with E-state index in [-0.39, 0.29) is 31.0 Å². The van der Waals surface area contributed by atoms with Crippen molar-refractivity contribution in [2.75, 3.05) is 27.4 Å². The van der Waals surface area contributed by atoms with Gasteiger partial charge < -0.3 is 18.9 Å². The van der Waals surface area contributed by atoms with E-state index in [1.165, 1.54) is 7.11 Å². The summed E-state index contributed by atoms with van der Waals surface area (Å²) >= 11 is 2.06. The van der Waals surface area contributed by atoms with Crippen molar-refractivity contribution in [1.82, 2.24) is 0 Å². The Balaban J connectivity index is 2.68. The Bertz CT molecular complexity index is 934. The van der Waals surface area contributed by atoms with E-state index in [4.69, 9.17) is 18.9 Å². The van der Waals surface area contributed by atoms with E-state index in [0.29, 0.717) is 31.9 Å². The Morgan fingerprint density at radius 3 is 2.13 bits per heavy atom. The molecule has 0 unspecified atom stereocenters. The lowest BCUT2D eigenvalue weighted by Gasteiger charge is -2.19. The average Bonchev–Trinajstić information content (AvgIpc) is 2.77. The first-order valence-corrected chi connectivity index (χ1v) is 10.1. The molecule has 0 saturated carbocycles. The second kappa shape index (κ2) is 11.4. The molecule has 0 aliphatic heterocycles. The van der Waals surface area contributed by atoms with E-state index in [1.54, 1.807) is 49.6 Å². The number of methoxy groups -OCH3 is 2. The van der Waals surface area contributed by atoms with E-state index >= 15 is 0 Å². The zero-order chi connectivity index (χ0) is 22.1. The quantitative estimate of drug-likeness (QED) is 0.189. The molecule has 0 aliphatic carbocycles. The van der Waals surface area contributed by atoms with Gasteiger partial charge in [-0.05, 0) is 52.4 Å². The van der Waals surface area contributed by atoms with Crippen molar-refractivity contribution < 1.29 is 28.5 Å². The molecule has 0 fully saturated rings. The number of hydrogen-bond acceptors (Lipinski definition) is 6. The van der Waals surface area contributed by atoms with E-state index in [0.717, 1.165) is 0 Å². The van der Waals surface area contributed by atoms with Gasteiger partial charge in [0.15, 0.2) is 5.78 Å².